The zero-order valence-electron chi connectivity index (χ0n) is 10.5. The topological polar surface area (TPSA) is 9.72 Å². The second kappa shape index (κ2) is 4.60. The van der Waals surface area contributed by atoms with Crippen molar-refractivity contribution in [3.63, 3.8) is 0 Å². The Morgan fingerprint density at radius 3 is 2.00 bits per heavy atom. The SMILES string of the molecule is CCC1CN(C(C)C)N(C)N1C(C)C. The largest absolute Gasteiger partial charge is 0.224 e. The average Bonchev–Trinajstić information content (AvgIpc) is 2.42. The Hall–Kier alpha value is -0.120. The maximum absolute atomic E-state index is 2.49. The molecule has 1 unspecified atom stereocenters. The number of hydrogen-bond acceptors (Lipinski definition) is 3. The molecule has 0 spiro atoms. The van der Waals surface area contributed by atoms with Gasteiger partial charge in [-0.15, -0.1) is 0 Å². The molecule has 0 N–H and O–H groups in total. The van der Waals surface area contributed by atoms with E-state index in [2.05, 4.69) is 56.8 Å². The summed E-state index contributed by atoms with van der Waals surface area (Å²) in [6, 6.07) is 1.87. The zero-order valence-corrected chi connectivity index (χ0v) is 10.5. The van der Waals surface area contributed by atoms with E-state index < -0.39 is 0 Å². The molecule has 1 aliphatic heterocycles. The van der Waals surface area contributed by atoms with Gasteiger partial charge in [0.25, 0.3) is 0 Å². The lowest BCUT2D eigenvalue weighted by atomic mass is 10.2. The van der Waals surface area contributed by atoms with Crippen LogP contribution in [0.4, 0.5) is 0 Å². The summed E-state index contributed by atoms with van der Waals surface area (Å²) < 4.78 is 0. The molecule has 3 nitrogen and oxygen atoms in total. The Morgan fingerprint density at radius 1 is 1.14 bits per heavy atom. The van der Waals surface area contributed by atoms with Crippen molar-refractivity contribution in [3.05, 3.63) is 0 Å². The average molecular weight is 199 g/mol. The minimum Gasteiger partial charge on any atom is -0.224 e. The van der Waals surface area contributed by atoms with E-state index in [1.165, 1.54) is 13.0 Å². The predicted octanol–water partition coefficient (Wildman–Crippen LogP) is 1.96. The van der Waals surface area contributed by atoms with Crippen molar-refractivity contribution in [3.8, 4) is 0 Å². The van der Waals surface area contributed by atoms with Gasteiger partial charge in [-0.2, -0.15) is 5.12 Å². The van der Waals surface area contributed by atoms with Crippen LogP contribution in [0.3, 0.4) is 0 Å². The Balaban J connectivity index is 2.74. The van der Waals surface area contributed by atoms with Gasteiger partial charge in [0.2, 0.25) is 0 Å². The van der Waals surface area contributed by atoms with Gasteiger partial charge in [-0.05, 0) is 34.1 Å². The summed E-state index contributed by atoms with van der Waals surface area (Å²) in [7, 11) is 2.18. The molecule has 3 heteroatoms. The normalized spacial score (nSPS) is 27.0. The highest BCUT2D eigenvalue weighted by molar-refractivity contribution is 4.81. The lowest BCUT2D eigenvalue weighted by Gasteiger charge is -2.36. The molecule has 1 atom stereocenters. The number of hydrazine groups is 2. The van der Waals surface area contributed by atoms with Gasteiger partial charge >= 0.3 is 0 Å². The first-order valence-electron chi connectivity index (χ1n) is 5.77. The fraction of sp³-hybridized carbons (Fsp3) is 1.00. The van der Waals surface area contributed by atoms with E-state index in [4.69, 9.17) is 0 Å². The quantitative estimate of drug-likeness (QED) is 0.688. The first-order valence-corrected chi connectivity index (χ1v) is 5.77. The summed E-state index contributed by atoms with van der Waals surface area (Å²) >= 11 is 0. The lowest BCUT2D eigenvalue weighted by Crippen LogP contribution is -2.48. The first kappa shape index (κ1) is 12.0. The third-order valence-corrected chi connectivity index (χ3v) is 3.07. The Kier molecular flexibility index (Phi) is 3.93. The van der Waals surface area contributed by atoms with Crippen molar-refractivity contribution in [2.24, 2.45) is 0 Å². The monoisotopic (exact) mass is 199 g/mol. The zero-order chi connectivity index (χ0) is 10.9. The second-order valence-corrected chi connectivity index (χ2v) is 4.74. The molecule has 1 aliphatic rings. The molecule has 1 fully saturated rings. The van der Waals surface area contributed by atoms with Crippen LogP contribution in [0.15, 0.2) is 0 Å². The molecular weight excluding hydrogens is 174 g/mol. The van der Waals surface area contributed by atoms with Crippen LogP contribution in [0, 0.1) is 0 Å². The van der Waals surface area contributed by atoms with Gasteiger partial charge in [0.15, 0.2) is 0 Å². The van der Waals surface area contributed by atoms with Crippen LogP contribution >= 0.6 is 0 Å². The molecule has 0 aliphatic carbocycles. The number of nitrogens with zero attached hydrogens (tertiary/aromatic N) is 3. The third kappa shape index (κ3) is 2.10. The molecule has 84 valence electrons. The molecule has 0 amide bonds. The van der Waals surface area contributed by atoms with E-state index in [9.17, 15) is 0 Å². The summed E-state index contributed by atoms with van der Waals surface area (Å²) in [4.78, 5) is 0. The predicted molar refractivity (Wildman–Crippen MR) is 60.7 cm³/mol. The molecule has 1 rings (SSSR count). The van der Waals surface area contributed by atoms with Gasteiger partial charge in [-0.3, -0.25) is 0 Å². The van der Waals surface area contributed by atoms with Gasteiger partial charge in [0.05, 0.1) is 0 Å². The van der Waals surface area contributed by atoms with Gasteiger partial charge in [-0.1, -0.05) is 6.92 Å². The van der Waals surface area contributed by atoms with Gasteiger partial charge in [0, 0.05) is 31.7 Å². The minimum atomic E-state index is 0.591. The summed E-state index contributed by atoms with van der Waals surface area (Å²) in [5, 5.41) is 7.23. The molecule has 1 heterocycles. The van der Waals surface area contributed by atoms with Crippen LogP contribution in [-0.2, 0) is 0 Å². The van der Waals surface area contributed by atoms with Crippen molar-refractivity contribution >= 4 is 0 Å². The van der Waals surface area contributed by atoms with E-state index in [0.29, 0.717) is 18.1 Å². The molecule has 0 bridgehead atoms. The Morgan fingerprint density at radius 2 is 1.71 bits per heavy atom. The number of hydrogen-bond donors (Lipinski definition) is 0. The summed E-state index contributed by atoms with van der Waals surface area (Å²) in [6.45, 7) is 12.5. The van der Waals surface area contributed by atoms with Crippen molar-refractivity contribution in [1.82, 2.24) is 15.1 Å². The second-order valence-electron chi connectivity index (χ2n) is 4.74. The van der Waals surface area contributed by atoms with Crippen molar-refractivity contribution in [1.29, 1.82) is 0 Å². The van der Waals surface area contributed by atoms with Crippen LogP contribution in [-0.4, -0.2) is 46.9 Å². The van der Waals surface area contributed by atoms with E-state index in [0.717, 1.165) is 0 Å². The molecule has 14 heavy (non-hydrogen) atoms. The molecule has 0 aromatic carbocycles. The van der Waals surface area contributed by atoms with Crippen LogP contribution in [0.2, 0.25) is 0 Å². The molecular formula is C11H25N3. The van der Waals surface area contributed by atoms with E-state index in [-0.39, 0.29) is 0 Å². The molecule has 0 aromatic heterocycles. The number of rotatable bonds is 3. The van der Waals surface area contributed by atoms with Crippen LogP contribution in [0.5, 0.6) is 0 Å². The fourth-order valence-corrected chi connectivity index (χ4v) is 2.40. The maximum atomic E-state index is 2.49. The Bertz CT molecular complexity index is 179. The molecule has 0 radical (unpaired) electrons. The maximum Gasteiger partial charge on any atom is 0.0401 e. The van der Waals surface area contributed by atoms with Crippen LogP contribution in [0.25, 0.3) is 0 Å². The van der Waals surface area contributed by atoms with Gasteiger partial charge in [0.1, 0.15) is 0 Å². The van der Waals surface area contributed by atoms with E-state index in [1.54, 1.807) is 0 Å². The molecule has 0 aromatic rings. The Labute approximate surface area is 88.6 Å². The highest BCUT2D eigenvalue weighted by Gasteiger charge is 2.36. The first-order chi connectivity index (χ1) is 6.49. The fourth-order valence-electron chi connectivity index (χ4n) is 2.40. The summed E-state index contributed by atoms with van der Waals surface area (Å²) in [5.41, 5.74) is 0. The summed E-state index contributed by atoms with van der Waals surface area (Å²) in [5.74, 6) is 0. The highest BCUT2D eigenvalue weighted by Crippen LogP contribution is 2.23. The van der Waals surface area contributed by atoms with Gasteiger partial charge < -0.3 is 0 Å². The highest BCUT2D eigenvalue weighted by atomic mass is 15.9. The smallest absolute Gasteiger partial charge is 0.0401 e. The lowest BCUT2D eigenvalue weighted by molar-refractivity contribution is -0.137. The molecule has 1 saturated heterocycles. The third-order valence-electron chi connectivity index (χ3n) is 3.07. The van der Waals surface area contributed by atoms with Crippen molar-refractivity contribution in [2.75, 3.05) is 13.6 Å². The van der Waals surface area contributed by atoms with Gasteiger partial charge in [-0.25, -0.2) is 10.0 Å². The standard InChI is InChI=1S/C11H25N3/c1-7-11-8-13(9(2)3)12(6)14(11)10(4)5/h9-11H,7-8H2,1-6H3. The van der Waals surface area contributed by atoms with Crippen LogP contribution < -0.4 is 0 Å². The van der Waals surface area contributed by atoms with Crippen molar-refractivity contribution < 1.29 is 0 Å². The van der Waals surface area contributed by atoms with Crippen LogP contribution in [0.1, 0.15) is 41.0 Å². The van der Waals surface area contributed by atoms with E-state index >= 15 is 0 Å². The minimum absolute atomic E-state index is 0.591. The summed E-state index contributed by atoms with van der Waals surface area (Å²) in [6.07, 6.45) is 1.23. The molecule has 0 saturated carbocycles. The van der Waals surface area contributed by atoms with E-state index in [1.807, 2.05) is 0 Å². The van der Waals surface area contributed by atoms with Crippen molar-refractivity contribution in [2.45, 2.75) is 59.2 Å².